The quantitative estimate of drug-likeness (QED) is 0.529. The van der Waals surface area contributed by atoms with Gasteiger partial charge in [-0.05, 0) is 19.9 Å². The maximum Gasteiger partial charge on any atom is 0.291 e. The number of rotatable bonds is 5. The number of hydrogen-bond acceptors (Lipinski definition) is 6. The Hall–Kier alpha value is -1.99. The second kappa shape index (κ2) is 9.67. The molecule has 6 nitrogen and oxygen atoms in total. The second-order valence-electron chi connectivity index (χ2n) is 7.87. The average Bonchev–Trinajstić information content (AvgIpc) is 2.81. The summed E-state index contributed by atoms with van der Waals surface area (Å²) in [7, 11) is 0. The molecule has 3 heterocycles. The first-order valence-corrected chi connectivity index (χ1v) is 11.0. The molecule has 1 N–H and O–H groups in total. The third-order valence-corrected chi connectivity index (χ3v) is 6.53. The molecule has 0 fully saturated rings. The molecule has 2 aliphatic rings. The summed E-state index contributed by atoms with van der Waals surface area (Å²) in [6.45, 7) is 9.34. The van der Waals surface area contributed by atoms with Crippen LogP contribution in [-0.4, -0.2) is 35.2 Å². The lowest BCUT2D eigenvalue weighted by Gasteiger charge is -2.24. The third kappa shape index (κ3) is 6.24. The van der Waals surface area contributed by atoms with Gasteiger partial charge < -0.3 is 4.74 Å². The summed E-state index contributed by atoms with van der Waals surface area (Å²) in [4.78, 5) is 19.2. The Bertz CT molecular complexity index is 882. The first-order chi connectivity index (χ1) is 13.8. The minimum absolute atomic E-state index is 0.234. The highest BCUT2D eigenvalue weighted by molar-refractivity contribution is 7.11. The molecule has 0 bridgehead atoms. The zero-order valence-electron chi connectivity index (χ0n) is 17.4. The van der Waals surface area contributed by atoms with E-state index in [1.54, 1.807) is 17.5 Å². The summed E-state index contributed by atoms with van der Waals surface area (Å²) in [5.41, 5.74) is 1.68. The van der Waals surface area contributed by atoms with Crippen molar-refractivity contribution in [2.75, 3.05) is 6.61 Å². The van der Waals surface area contributed by atoms with Crippen LogP contribution in [0.4, 0.5) is 0 Å². The fraction of sp³-hybridized carbons (Fsp3) is 0.524. The van der Waals surface area contributed by atoms with E-state index in [0.717, 1.165) is 29.4 Å². The highest BCUT2D eigenvalue weighted by atomic mass is 35.5. The van der Waals surface area contributed by atoms with Gasteiger partial charge in [0.15, 0.2) is 0 Å². The van der Waals surface area contributed by atoms with Gasteiger partial charge in [0.2, 0.25) is 0 Å². The van der Waals surface area contributed by atoms with Crippen LogP contribution < -0.4 is 5.32 Å². The second-order valence-corrected chi connectivity index (χ2v) is 9.57. The van der Waals surface area contributed by atoms with Crippen LogP contribution in [0, 0.1) is 19.3 Å². The van der Waals surface area contributed by atoms with Crippen molar-refractivity contribution in [3.05, 3.63) is 39.5 Å². The van der Waals surface area contributed by atoms with E-state index >= 15 is 0 Å². The number of aryl methyl sites for hydroxylation is 2. The average molecular weight is 434 g/mol. The molecule has 1 atom stereocenters. The van der Waals surface area contributed by atoms with Crippen LogP contribution in [0.15, 0.2) is 38.9 Å². The fourth-order valence-corrected chi connectivity index (χ4v) is 4.07. The Morgan fingerprint density at radius 1 is 1.38 bits per heavy atom. The molecule has 156 valence electrons. The first kappa shape index (κ1) is 21.7. The Morgan fingerprint density at radius 3 is 2.97 bits per heavy atom. The topological polar surface area (TPSA) is 71.2 Å². The number of alkyl halides is 1. The Balaban J connectivity index is 1.66. The van der Waals surface area contributed by atoms with E-state index in [1.165, 1.54) is 10.5 Å². The molecule has 0 radical (unpaired) electrons. The molecule has 29 heavy (non-hydrogen) atoms. The van der Waals surface area contributed by atoms with Crippen molar-refractivity contribution in [1.29, 1.82) is 0 Å². The Kier molecular flexibility index (Phi) is 7.24. The molecule has 1 aromatic rings. The van der Waals surface area contributed by atoms with E-state index in [-0.39, 0.29) is 5.41 Å². The predicted octanol–water partition coefficient (Wildman–Crippen LogP) is 4.92. The number of ether oxygens (including phenoxy) is 1. The van der Waals surface area contributed by atoms with Gasteiger partial charge in [-0.1, -0.05) is 37.1 Å². The first-order valence-electron chi connectivity index (χ1n) is 9.77. The molecule has 2 aliphatic heterocycles. The largest absolute Gasteiger partial charge is 0.465 e. The highest BCUT2D eigenvalue weighted by Crippen LogP contribution is 2.32. The standard InChI is InChI=1S/C21H28ClN5OS/c1-14-17(29-15(2)25-14)13-24-18-12-21(3,4)19(22)27-20(26-18)28-11-8-16-6-5-9-23-10-7-16/h5-6,9-10,19H,7-8,11-13H2,1-4H3,(H,24,26,27). The number of aromatic nitrogens is 1. The molecular weight excluding hydrogens is 406 g/mol. The number of hydrogen-bond donors (Lipinski definition) is 1. The van der Waals surface area contributed by atoms with Crippen LogP contribution >= 0.6 is 22.9 Å². The van der Waals surface area contributed by atoms with E-state index in [2.05, 4.69) is 40.2 Å². The van der Waals surface area contributed by atoms with Crippen molar-refractivity contribution in [3.63, 3.8) is 0 Å². The van der Waals surface area contributed by atoms with Crippen molar-refractivity contribution >= 4 is 41.0 Å². The van der Waals surface area contributed by atoms with Gasteiger partial charge in [0.1, 0.15) is 11.3 Å². The molecule has 0 aromatic carbocycles. The molecule has 0 spiro atoms. The van der Waals surface area contributed by atoms with Gasteiger partial charge in [0.25, 0.3) is 6.02 Å². The van der Waals surface area contributed by atoms with Crippen LogP contribution in [0.5, 0.6) is 0 Å². The van der Waals surface area contributed by atoms with Crippen LogP contribution in [0.3, 0.4) is 0 Å². The van der Waals surface area contributed by atoms with Crippen molar-refractivity contribution in [3.8, 4) is 0 Å². The summed E-state index contributed by atoms with van der Waals surface area (Å²) in [6, 6.07) is 0.435. The van der Waals surface area contributed by atoms with E-state index in [0.29, 0.717) is 25.6 Å². The minimum Gasteiger partial charge on any atom is -0.465 e. The van der Waals surface area contributed by atoms with Crippen molar-refractivity contribution in [1.82, 2.24) is 10.3 Å². The molecular formula is C21H28ClN5OS. The number of halogens is 1. The highest BCUT2D eigenvalue weighted by Gasteiger charge is 2.33. The molecule has 0 saturated carbocycles. The van der Waals surface area contributed by atoms with Gasteiger partial charge in [-0.25, -0.2) is 9.98 Å². The van der Waals surface area contributed by atoms with E-state index in [9.17, 15) is 0 Å². The van der Waals surface area contributed by atoms with E-state index in [1.807, 2.05) is 26.1 Å². The maximum absolute atomic E-state index is 6.56. The van der Waals surface area contributed by atoms with Crippen LogP contribution in [0.25, 0.3) is 0 Å². The van der Waals surface area contributed by atoms with Gasteiger partial charge in [-0.3, -0.25) is 15.3 Å². The lowest BCUT2D eigenvalue weighted by Crippen LogP contribution is -2.33. The number of aliphatic imine (C=N–C) groups is 3. The van der Waals surface area contributed by atoms with Crippen molar-refractivity contribution in [2.45, 2.75) is 59.0 Å². The van der Waals surface area contributed by atoms with Crippen LogP contribution in [0.1, 0.15) is 48.7 Å². The van der Waals surface area contributed by atoms with Gasteiger partial charge in [-0.15, -0.1) is 11.3 Å². The molecule has 0 saturated heterocycles. The monoisotopic (exact) mass is 433 g/mol. The molecule has 0 aliphatic carbocycles. The van der Waals surface area contributed by atoms with Gasteiger partial charge in [0.05, 0.1) is 23.9 Å². The normalized spacial score (nSPS) is 22.5. The SMILES string of the molecule is Cc1nc(C)c(CN=C2CC(C)(C)C(Cl)N=C(OCCC3=CC=CN=CC3)N2)s1. The van der Waals surface area contributed by atoms with Crippen molar-refractivity contribution < 1.29 is 4.74 Å². The zero-order valence-corrected chi connectivity index (χ0v) is 19.0. The smallest absolute Gasteiger partial charge is 0.291 e. The van der Waals surface area contributed by atoms with Crippen molar-refractivity contribution in [2.24, 2.45) is 20.4 Å². The Morgan fingerprint density at radius 2 is 2.21 bits per heavy atom. The molecule has 3 rings (SSSR count). The summed E-state index contributed by atoms with van der Waals surface area (Å²) in [6.07, 6.45) is 10.1. The van der Waals surface area contributed by atoms with Gasteiger partial charge >= 0.3 is 0 Å². The minimum atomic E-state index is -0.391. The molecule has 1 unspecified atom stereocenters. The lowest BCUT2D eigenvalue weighted by molar-refractivity contribution is 0.294. The van der Waals surface area contributed by atoms with Gasteiger partial charge in [-0.2, -0.15) is 0 Å². The number of thiazole rings is 1. The molecule has 0 amide bonds. The van der Waals surface area contributed by atoms with Gasteiger partial charge in [0, 0.05) is 42.0 Å². The zero-order chi connectivity index (χ0) is 20.9. The van der Waals surface area contributed by atoms with Crippen LogP contribution in [0.2, 0.25) is 0 Å². The summed E-state index contributed by atoms with van der Waals surface area (Å²) < 4.78 is 5.93. The number of nitrogens with zero attached hydrogens (tertiary/aromatic N) is 4. The molecule has 1 aromatic heterocycles. The number of amidine groups is 2. The Labute approximate surface area is 181 Å². The number of allylic oxidation sites excluding steroid dienone is 2. The van der Waals surface area contributed by atoms with E-state index in [4.69, 9.17) is 21.3 Å². The maximum atomic E-state index is 6.56. The van der Waals surface area contributed by atoms with E-state index < -0.39 is 5.50 Å². The molecule has 8 heteroatoms. The van der Waals surface area contributed by atoms with Crippen LogP contribution in [-0.2, 0) is 11.3 Å². The number of nitrogens with one attached hydrogen (secondary N) is 1. The third-order valence-electron chi connectivity index (χ3n) is 4.79. The fourth-order valence-electron chi connectivity index (χ4n) is 3.04. The summed E-state index contributed by atoms with van der Waals surface area (Å²) in [5, 5.41) is 4.33. The summed E-state index contributed by atoms with van der Waals surface area (Å²) in [5.74, 6) is 0.839. The predicted molar refractivity (Wildman–Crippen MR) is 122 cm³/mol. The lowest BCUT2D eigenvalue weighted by atomic mass is 9.89. The summed E-state index contributed by atoms with van der Waals surface area (Å²) >= 11 is 8.24.